The molecule has 1 aromatic heterocycles. The Morgan fingerprint density at radius 3 is 2.57 bits per heavy atom. The molecule has 4 heterocycles. The van der Waals surface area contributed by atoms with Crippen molar-refractivity contribution in [1.29, 1.82) is 0 Å². The van der Waals surface area contributed by atoms with E-state index < -0.39 is 0 Å². The molecule has 0 spiro atoms. The van der Waals surface area contributed by atoms with Crippen LogP contribution in [0.5, 0.6) is 5.88 Å². The number of hydrogen-bond acceptors (Lipinski definition) is 6. The SMILES string of the molecule is O=C(c1cnc(OC2CCOC2)c(Cl)c1)N1CCN(C(=O)C2CCCO2)CC1. The van der Waals surface area contributed by atoms with Gasteiger partial charge in [0, 0.05) is 45.4 Å². The number of piperazine rings is 1. The minimum absolute atomic E-state index is 0.0340. The quantitative estimate of drug-likeness (QED) is 0.747. The van der Waals surface area contributed by atoms with E-state index in [1.165, 1.54) is 6.20 Å². The third kappa shape index (κ3) is 4.24. The summed E-state index contributed by atoms with van der Waals surface area (Å²) in [6.07, 6.45) is 3.63. The smallest absolute Gasteiger partial charge is 0.255 e. The Balaban J connectivity index is 1.33. The van der Waals surface area contributed by atoms with Gasteiger partial charge in [-0.3, -0.25) is 9.59 Å². The van der Waals surface area contributed by atoms with Crippen LogP contribution in [0.4, 0.5) is 0 Å². The molecule has 3 saturated heterocycles. The maximum atomic E-state index is 12.8. The van der Waals surface area contributed by atoms with Gasteiger partial charge >= 0.3 is 0 Å². The van der Waals surface area contributed by atoms with Crippen LogP contribution in [0.2, 0.25) is 5.02 Å². The zero-order valence-electron chi connectivity index (χ0n) is 15.6. The molecule has 2 unspecified atom stereocenters. The van der Waals surface area contributed by atoms with E-state index in [0.29, 0.717) is 62.5 Å². The average Bonchev–Trinajstić information content (AvgIpc) is 3.43. The number of pyridine rings is 1. The van der Waals surface area contributed by atoms with Crippen molar-refractivity contribution in [3.8, 4) is 5.88 Å². The highest BCUT2D eigenvalue weighted by Crippen LogP contribution is 2.26. The van der Waals surface area contributed by atoms with Gasteiger partial charge in [0.2, 0.25) is 5.88 Å². The van der Waals surface area contributed by atoms with E-state index in [9.17, 15) is 9.59 Å². The molecule has 4 rings (SSSR count). The highest BCUT2D eigenvalue weighted by atomic mass is 35.5. The molecule has 1 aromatic rings. The Bertz CT molecular complexity index is 726. The molecule has 3 aliphatic rings. The Labute approximate surface area is 168 Å². The second-order valence-electron chi connectivity index (χ2n) is 7.23. The van der Waals surface area contributed by atoms with Gasteiger partial charge in [-0.2, -0.15) is 0 Å². The molecule has 9 heteroatoms. The van der Waals surface area contributed by atoms with Gasteiger partial charge in [-0.15, -0.1) is 0 Å². The van der Waals surface area contributed by atoms with E-state index >= 15 is 0 Å². The highest BCUT2D eigenvalue weighted by Gasteiger charge is 2.31. The summed E-state index contributed by atoms with van der Waals surface area (Å²) in [5.41, 5.74) is 0.416. The fourth-order valence-corrected chi connectivity index (χ4v) is 3.89. The van der Waals surface area contributed by atoms with Crippen LogP contribution >= 0.6 is 11.6 Å². The van der Waals surface area contributed by atoms with Gasteiger partial charge in [0.15, 0.2) is 0 Å². The van der Waals surface area contributed by atoms with Crippen LogP contribution in [-0.4, -0.2) is 84.8 Å². The van der Waals surface area contributed by atoms with Crippen LogP contribution < -0.4 is 4.74 Å². The van der Waals surface area contributed by atoms with Crippen LogP contribution in [0.25, 0.3) is 0 Å². The molecule has 28 heavy (non-hydrogen) atoms. The molecule has 2 atom stereocenters. The Hall–Kier alpha value is -1.90. The zero-order valence-corrected chi connectivity index (χ0v) is 16.4. The molecule has 0 N–H and O–H groups in total. The summed E-state index contributed by atoms with van der Waals surface area (Å²) < 4.78 is 16.5. The van der Waals surface area contributed by atoms with Crippen LogP contribution in [-0.2, 0) is 14.3 Å². The lowest BCUT2D eigenvalue weighted by Crippen LogP contribution is -2.52. The first kappa shape index (κ1) is 19.4. The largest absolute Gasteiger partial charge is 0.471 e. The summed E-state index contributed by atoms with van der Waals surface area (Å²) in [7, 11) is 0. The van der Waals surface area contributed by atoms with Gasteiger partial charge in [0.05, 0.1) is 18.8 Å². The van der Waals surface area contributed by atoms with Gasteiger partial charge in [0.25, 0.3) is 11.8 Å². The summed E-state index contributed by atoms with van der Waals surface area (Å²) in [6.45, 7) is 3.81. The standard InChI is InChI=1S/C19H24ClN3O5/c20-15-10-13(11-21-17(15)28-14-3-9-26-12-14)18(24)22-4-6-23(7-5-22)19(25)16-2-1-8-27-16/h10-11,14,16H,1-9,12H2. The Morgan fingerprint density at radius 2 is 1.93 bits per heavy atom. The predicted molar refractivity (Wildman–Crippen MR) is 101 cm³/mol. The fourth-order valence-electron chi connectivity index (χ4n) is 3.68. The third-order valence-corrected chi connectivity index (χ3v) is 5.58. The minimum atomic E-state index is -0.317. The van der Waals surface area contributed by atoms with Gasteiger partial charge < -0.3 is 24.0 Å². The molecule has 3 fully saturated rings. The molecular formula is C19H24ClN3O5. The summed E-state index contributed by atoms with van der Waals surface area (Å²) in [4.78, 5) is 32.9. The van der Waals surface area contributed by atoms with Crippen molar-refractivity contribution in [1.82, 2.24) is 14.8 Å². The average molecular weight is 410 g/mol. The lowest BCUT2D eigenvalue weighted by Gasteiger charge is -2.35. The molecule has 0 aromatic carbocycles. The van der Waals surface area contributed by atoms with E-state index in [-0.39, 0.29) is 24.0 Å². The van der Waals surface area contributed by atoms with E-state index in [1.807, 2.05) is 0 Å². The fraction of sp³-hybridized carbons (Fsp3) is 0.632. The number of amides is 2. The van der Waals surface area contributed by atoms with Crippen molar-refractivity contribution in [2.75, 3.05) is 46.0 Å². The number of halogens is 1. The summed E-state index contributed by atoms with van der Waals surface area (Å²) >= 11 is 6.26. The molecule has 0 bridgehead atoms. The topological polar surface area (TPSA) is 81.2 Å². The van der Waals surface area contributed by atoms with Crippen molar-refractivity contribution >= 4 is 23.4 Å². The second kappa shape index (κ2) is 8.63. The van der Waals surface area contributed by atoms with Crippen molar-refractivity contribution in [3.05, 3.63) is 22.8 Å². The van der Waals surface area contributed by atoms with Gasteiger partial charge in [0.1, 0.15) is 17.2 Å². The molecule has 3 aliphatic heterocycles. The van der Waals surface area contributed by atoms with Crippen molar-refractivity contribution in [2.24, 2.45) is 0 Å². The van der Waals surface area contributed by atoms with Crippen LogP contribution in [0.3, 0.4) is 0 Å². The van der Waals surface area contributed by atoms with Crippen molar-refractivity contribution < 1.29 is 23.8 Å². The van der Waals surface area contributed by atoms with Gasteiger partial charge in [-0.05, 0) is 18.9 Å². The molecule has 152 valence electrons. The minimum Gasteiger partial charge on any atom is -0.471 e. The first-order chi connectivity index (χ1) is 13.6. The Kier molecular flexibility index (Phi) is 5.99. The van der Waals surface area contributed by atoms with E-state index in [1.54, 1.807) is 15.9 Å². The van der Waals surface area contributed by atoms with E-state index in [0.717, 1.165) is 19.3 Å². The highest BCUT2D eigenvalue weighted by molar-refractivity contribution is 6.32. The van der Waals surface area contributed by atoms with Crippen molar-refractivity contribution in [2.45, 2.75) is 31.5 Å². The van der Waals surface area contributed by atoms with Crippen LogP contribution in [0, 0.1) is 0 Å². The number of hydrogen-bond donors (Lipinski definition) is 0. The zero-order chi connectivity index (χ0) is 19.5. The summed E-state index contributed by atoms with van der Waals surface area (Å²) in [5.74, 6) is 0.210. The number of carbonyl (C=O) groups is 2. The first-order valence-corrected chi connectivity index (χ1v) is 10.1. The maximum Gasteiger partial charge on any atom is 0.255 e. The molecule has 0 aliphatic carbocycles. The molecular weight excluding hydrogens is 386 g/mol. The van der Waals surface area contributed by atoms with Crippen LogP contribution in [0.15, 0.2) is 12.3 Å². The van der Waals surface area contributed by atoms with Crippen LogP contribution in [0.1, 0.15) is 29.6 Å². The summed E-state index contributed by atoms with van der Waals surface area (Å²) in [6, 6.07) is 1.59. The Morgan fingerprint density at radius 1 is 1.14 bits per heavy atom. The lowest BCUT2D eigenvalue weighted by atomic mass is 10.2. The molecule has 8 nitrogen and oxygen atoms in total. The van der Waals surface area contributed by atoms with Gasteiger partial charge in [-0.25, -0.2) is 4.98 Å². The number of aromatic nitrogens is 1. The molecule has 0 saturated carbocycles. The number of carbonyl (C=O) groups excluding carboxylic acids is 2. The number of ether oxygens (including phenoxy) is 3. The lowest BCUT2D eigenvalue weighted by molar-refractivity contribution is -0.142. The predicted octanol–water partition coefficient (Wildman–Crippen LogP) is 1.37. The summed E-state index contributed by atoms with van der Waals surface area (Å²) in [5, 5.41) is 0.310. The molecule has 2 amide bonds. The molecule has 0 radical (unpaired) electrons. The van der Waals surface area contributed by atoms with E-state index in [2.05, 4.69) is 4.98 Å². The van der Waals surface area contributed by atoms with Crippen molar-refractivity contribution in [3.63, 3.8) is 0 Å². The van der Waals surface area contributed by atoms with E-state index in [4.69, 9.17) is 25.8 Å². The first-order valence-electron chi connectivity index (χ1n) is 9.71. The maximum absolute atomic E-state index is 12.8. The monoisotopic (exact) mass is 409 g/mol. The van der Waals surface area contributed by atoms with Gasteiger partial charge in [-0.1, -0.05) is 11.6 Å². The second-order valence-corrected chi connectivity index (χ2v) is 7.64. The third-order valence-electron chi connectivity index (χ3n) is 5.30. The number of rotatable bonds is 4. The number of nitrogens with zero attached hydrogens (tertiary/aromatic N) is 3. The normalized spacial score (nSPS) is 25.2.